The van der Waals surface area contributed by atoms with Crippen molar-refractivity contribution in [3.63, 3.8) is 0 Å². The fraction of sp³-hybridized carbons (Fsp3) is 0.593. The highest BCUT2D eigenvalue weighted by atomic mass is 19.4. The molecule has 7 rings (SSSR count). The van der Waals surface area contributed by atoms with Crippen LogP contribution in [-0.2, 0) is 6.54 Å². The zero-order valence-electron chi connectivity index (χ0n) is 21.0. The molecule has 0 radical (unpaired) electrons. The van der Waals surface area contributed by atoms with Crippen molar-refractivity contribution in [2.24, 2.45) is 23.2 Å². The van der Waals surface area contributed by atoms with E-state index in [1.165, 1.54) is 50.4 Å². The first-order chi connectivity index (χ1) is 18.3. The first-order valence-corrected chi connectivity index (χ1v) is 13.3. The van der Waals surface area contributed by atoms with Crippen molar-refractivity contribution in [1.29, 1.82) is 5.26 Å². The van der Waals surface area contributed by atoms with Gasteiger partial charge in [0.15, 0.2) is 0 Å². The maximum atomic E-state index is 12.8. The second-order valence-electron chi connectivity index (χ2n) is 11.4. The normalized spacial score (nSPS) is 29.9. The third kappa shape index (κ3) is 5.24. The molecule has 11 heteroatoms. The number of nitrogens with zero attached hydrogens (tertiary/aromatic N) is 3. The van der Waals surface area contributed by atoms with E-state index in [0.717, 1.165) is 25.6 Å². The highest BCUT2D eigenvalue weighted by Gasteiger charge is 2.55. The Bertz CT molecular complexity index is 1200. The molecular formula is C27H32F3N7O. The van der Waals surface area contributed by atoms with Crippen LogP contribution in [0.5, 0.6) is 5.75 Å². The molecule has 1 aromatic carbocycles. The molecular weight excluding hydrogens is 495 g/mol. The Morgan fingerprint density at radius 1 is 1.11 bits per heavy atom. The molecule has 202 valence electrons. The van der Waals surface area contributed by atoms with Crippen LogP contribution in [0.3, 0.4) is 0 Å². The highest BCUT2D eigenvalue weighted by Crippen LogP contribution is 2.60. The number of rotatable bonds is 9. The lowest BCUT2D eigenvalue weighted by Gasteiger charge is -2.61. The smallest absolute Gasteiger partial charge is 0.405 e. The van der Waals surface area contributed by atoms with Crippen LogP contribution >= 0.6 is 0 Å². The minimum atomic E-state index is -4.78. The maximum absolute atomic E-state index is 12.8. The van der Waals surface area contributed by atoms with Gasteiger partial charge in [0, 0.05) is 43.8 Å². The molecule has 4 saturated carbocycles. The number of nitriles is 1. The number of ether oxygens (including phenoxy) is 1. The van der Waals surface area contributed by atoms with Crippen molar-refractivity contribution in [2.45, 2.75) is 57.1 Å². The lowest BCUT2D eigenvalue weighted by atomic mass is 9.48. The molecule has 0 spiro atoms. The molecule has 1 unspecified atom stereocenters. The summed E-state index contributed by atoms with van der Waals surface area (Å²) in [5.41, 5.74) is 0.867. The van der Waals surface area contributed by atoms with E-state index in [2.05, 4.69) is 42.0 Å². The fourth-order valence-electron chi connectivity index (χ4n) is 7.36. The van der Waals surface area contributed by atoms with Gasteiger partial charge in [-0.15, -0.1) is 13.2 Å². The van der Waals surface area contributed by atoms with Crippen molar-refractivity contribution in [1.82, 2.24) is 20.6 Å². The second-order valence-corrected chi connectivity index (χ2v) is 11.4. The number of hydrogen-bond acceptors (Lipinski definition) is 8. The molecule has 2 aromatic rings. The average Bonchev–Trinajstić information content (AvgIpc) is 2.84. The second kappa shape index (κ2) is 9.89. The fourth-order valence-corrected chi connectivity index (χ4v) is 7.36. The van der Waals surface area contributed by atoms with Gasteiger partial charge in [0.1, 0.15) is 23.2 Å². The van der Waals surface area contributed by atoms with Gasteiger partial charge in [-0.3, -0.25) is 0 Å². The van der Waals surface area contributed by atoms with E-state index >= 15 is 0 Å². The van der Waals surface area contributed by atoms with Crippen molar-refractivity contribution in [3.05, 3.63) is 41.6 Å². The number of benzene rings is 1. The Morgan fingerprint density at radius 3 is 2.55 bits per heavy atom. The van der Waals surface area contributed by atoms with Crippen molar-refractivity contribution in [3.8, 4) is 11.8 Å². The van der Waals surface area contributed by atoms with E-state index in [0.29, 0.717) is 40.9 Å². The first kappa shape index (κ1) is 25.2. The first-order valence-electron chi connectivity index (χ1n) is 13.3. The summed E-state index contributed by atoms with van der Waals surface area (Å²) in [6.45, 7) is 2.92. The molecule has 8 nitrogen and oxygen atoms in total. The average molecular weight is 528 g/mol. The third-order valence-electron chi connectivity index (χ3n) is 8.78. The van der Waals surface area contributed by atoms with Gasteiger partial charge < -0.3 is 26.0 Å². The lowest BCUT2D eigenvalue weighted by molar-refractivity contribution is -0.274. The molecule has 5 fully saturated rings. The zero-order valence-corrected chi connectivity index (χ0v) is 21.0. The number of halogens is 3. The lowest BCUT2D eigenvalue weighted by Crippen LogP contribution is -2.65. The minimum Gasteiger partial charge on any atom is -0.405 e. The van der Waals surface area contributed by atoms with Gasteiger partial charge in [0.05, 0.1) is 6.20 Å². The maximum Gasteiger partial charge on any atom is 0.573 e. The van der Waals surface area contributed by atoms with Gasteiger partial charge in [0.2, 0.25) is 5.95 Å². The predicted molar refractivity (Wildman–Crippen MR) is 135 cm³/mol. The largest absolute Gasteiger partial charge is 0.573 e. The van der Waals surface area contributed by atoms with E-state index < -0.39 is 6.36 Å². The molecule has 2 heterocycles. The Balaban J connectivity index is 1.12. The molecule has 4 N–H and O–H groups in total. The minimum absolute atomic E-state index is 0.0392. The topological polar surface area (TPSA) is 107 Å². The Labute approximate surface area is 219 Å². The third-order valence-corrected chi connectivity index (χ3v) is 8.78. The summed E-state index contributed by atoms with van der Waals surface area (Å²) >= 11 is 0. The molecule has 4 aliphatic carbocycles. The van der Waals surface area contributed by atoms with E-state index in [-0.39, 0.29) is 23.7 Å². The molecule has 5 aliphatic rings. The van der Waals surface area contributed by atoms with E-state index in [9.17, 15) is 18.4 Å². The van der Waals surface area contributed by atoms with Crippen LogP contribution in [0.25, 0.3) is 0 Å². The number of hydrogen-bond donors (Lipinski definition) is 4. The van der Waals surface area contributed by atoms with Crippen LogP contribution in [0.2, 0.25) is 0 Å². The standard InChI is InChI=1S/C27H32F3N7O/c28-27(29,30)38-22-4-2-1-3-17(22)11-33-25-34-12-20(10-31)24(37-25)35-15-26-7-16-5-18(8-26)23(19(6-16)9-26)36-21-13-32-14-21/h1-4,12,16,18-19,21,23,32,36H,5-9,11,13-15H2,(H2,33,34,35,37)/t16?,18-,19+,23-,26-. The van der Waals surface area contributed by atoms with Crippen molar-refractivity contribution >= 4 is 11.8 Å². The van der Waals surface area contributed by atoms with Crippen LogP contribution in [-0.4, -0.2) is 48.0 Å². The van der Waals surface area contributed by atoms with Gasteiger partial charge >= 0.3 is 6.36 Å². The van der Waals surface area contributed by atoms with Gasteiger partial charge in [-0.1, -0.05) is 18.2 Å². The molecule has 38 heavy (non-hydrogen) atoms. The van der Waals surface area contributed by atoms with E-state index in [1.54, 1.807) is 12.1 Å². The van der Waals surface area contributed by atoms with Gasteiger partial charge in [0.25, 0.3) is 0 Å². The Morgan fingerprint density at radius 2 is 1.87 bits per heavy atom. The highest BCUT2D eigenvalue weighted by molar-refractivity contribution is 5.53. The molecule has 1 aromatic heterocycles. The summed E-state index contributed by atoms with van der Waals surface area (Å²) in [5, 5.41) is 23.4. The predicted octanol–water partition coefficient (Wildman–Crippen LogP) is 4.03. The Hall–Kier alpha value is -3.10. The molecule has 1 aliphatic heterocycles. The summed E-state index contributed by atoms with van der Waals surface area (Å²) in [4.78, 5) is 8.71. The summed E-state index contributed by atoms with van der Waals surface area (Å²) in [6, 6.07) is 9.31. The SMILES string of the molecule is N#Cc1cnc(NCc2ccccc2OC(F)(F)F)nc1NC[C@]12CC3C[C@H](C1)[C@@H](NC1CNC1)[C@@H](C3)C2. The quantitative estimate of drug-likeness (QED) is 0.387. The molecule has 1 saturated heterocycles. The summed E-state index contributed by atoms with van der Waals surface area (Å²) in [7, 11) is 0. The molecule has 4 bridgehead atoms. The zero-order chi connectivity index (χ0) is 26.3. The molecule has 0 amide bonds. The van der Waals surface area contributed by atoms with Gasteiger partial charge in [-0.25, -0.2) is 4.98 Å². The van der Waals surface area contributed by atoms with Gasteiger partial charge in [-0.05, 0) is 61.3 Å². The van der Waals surface area contributed by atoms with Crippen LogP contribution < -0.4 is 26.0 Å². The Kier molecular flexibility index (Phi) is 6.56. The summed E-state index contributed by atoms with van der Waals surface area (Å²) in [6.07, 6.45) is 2.85. The number of alkyl halides is 3. The summed E-state index contributed by atoms with van der Waals surface area (Å²) in [5.74, 6) is 2.57. The number of anilines is 2. The molecule has 5 atom stereocenters. The van der Waals surface area contributed by atoms with Crippen LogP contribution in [0.4, 0.5) is 24.9 Å². The number of para-hydroxylation sites is 1. The van der Waals surface area contributed by atoms with Crippen LogP contribution in [0, 0.1) is 34.5 Å². The summed E-state index contributed by atoms with van der Waals surface area (Å²) < 4.78 is 42.4. The van der Waals surface area contributed by atoms with E-state index in [1.807, 2.05) is 0 Å². The number of aromatic nitrogens is 2. The van der Waals surface area contributed by atoms with Crippen molar-refractivity contribution in [2.75, 3.05) is 30.3 Å². The number of nitrogens with one attached hydrogen (secondary N) is 4. The van der Waals surface area contributed by atoms with Gasteiger partial charge in [-0.2, -0.15) is 10.2 Å². The van der Waals surface area contributed by atoms with Crippen molar-refractivity contribution < 1.29 is 17.9 Å². The van der Waals surface area contributed by atoms with E-state index in [4.69, 9.17) is 0 Å². The monoisotopic (exact) mass is 527 g/mol. The van der Waals surface area contributed by atoms with Crippen LogP contribution in [0.15, 0.2) is 30.5 Å². The van der Waals surface area contributed by atoms with Crippen LogP contribution in [0.1, 0.15) is 43.2 Å².